The highest BCUT2D eigenvalue weighted by molar-refractivity contribution is 9.10. The molecule has 186 valence electrons. The number of hydrogen-bond donors (Lipinski definition) is 1. The van der Waals surface area contributed by atoms with E-state index < -0.39 is 0 Å². The normalized spacial score (nSPS) is 14.0. The zero-order chi connectivity index (χ0) is 25.2. The third kappa shape index (κ3) is 5.17. The minimum Gasteiger partial charge on any atom is -0.325 e. The van der Waals surface area contributed by atoms with Crippen molar-refractivity contribution in [3.63, 3.8) is 0 Å². The number of carbonyl (C=O) groups is 1. The molecule has 36 heavy (non-hydrogen) atoms. The predicted molar refractivity (Wildman–Crippen MR) is 154 cm³/mol. The average molecular weight is 583 g/mol. The molecule has 8 heteroatoms. The molecule has 2 heterocycles. The summed E-state index contributed by atoms with van der Waals surface area (Å²) in [6.07, 6.45) is 5.27. The Morgan fingerprint density at radius 2 is 1.86 bits per heavy atom. The highest BCUT2D eigenvalue weighted by Crippen LogP contribution is 2.35. The smallest absolute Gasteiger partial charge is 0.267 e. The van der Waals surface area contributed by atoms with Crippen LogP contribution < -0.4 is 10.9 Å². The van der Waals surface area contributed by atoms with Crippen LogP contribution in [0, 0.1) is 0 Å². The lowest BCUT2D eigenvalue weighted by molar-refractivity contribution is -0.113. The lowest BCUT2D eigenvalue weighted by atomic mass is 9.97. The number of aryl methyl sites for hydroxylation is 2. The summed E-state index contributed by atoms with van der Waals surface area (Å²) in [5, 5.41) is 4.26. The van der Waals surface area contributed by atoms with E-state index in [4.69, 9.17) is 4.98 Å². The molecule has 0 saturated heterocycles. The molecule has 5 rings (SSSR count). The van der Waals surface area contributed by atoms with Crippen molar-refractivity contribution in [2.45, 2.75) is 57.0 Å². The summed E-state index contributed by atoms with van der Waals surface area (Å²) in [6, 6.07) is 15.7. The highest BCUT2D eigenvalue weighted by atomic mass is 79.9. The number of halogens is 1. The summed E-state index contributed by atoms with van der Waals surface area (Å²) >= 11 is 6.40. The molecule has 2 aromatic heterocycles. The quantitative estimate of drug-likeness (QED) is 0.183. The van der Waals surface area contributed by atoms with Gasteiger partial charge in [-0.1, -0.05) is 53.7 Å². The first-order chi connectivity index (χ1) is 17.4. The molecule has 0 unspecified atom stereocenters. The second kappa shape index (κ2) is 10.9. The fourth-order valence-corrected chi connectivity index (χ4v) is 6.94. The molecule has 0 radical (unpaired) electrons. The van der Waals surface area contributed by atoms with Crippen molar-refractivity contribution >= 4 is 60.8 Å². The molecular formula is C28H28BrN3O2S2. The molecule has 0 spiro atoms. The van der Waals surface area contributed by atoms with E-state index in [2.05, 4.69) is 47.2 Å². The Labute approximate surface area is 227 Å². The Balaban J connectivity index is 1.44. The van der Waals surface area contributed by atoms with Crippen molar-refractivity contribution in [3.8, 4) is 5.69 Å². The molecule has 0 bridgehead atoms. The third-order valence-corrected chi connectivity index (χ3v) is 9.40. The fourth-order valence-electron chi connectivity index (χ4n) is 4.56. The fraction of sp³-hybridized carbons (Fsp3) is 0.321. The molecular weight excluding hydrogens is 554 g/mol. The van der Waals surface area contributed by atoms with Gasteiger partial charge in [0.25, 0.3) is 5.56 Å². The lowest BCUT2D eigenvalue weighted by Crippen LogP contribution is -2.23. The van der Waals surface area contributed by atoms with Gasteiger partial charge in [0.1, 0.15) is 4.83 Å². The van der Waals surface area contributed by atoms with Crippen LogP contribution in [-0.2, 0) is 17.6 Å². The number of hydrogen-bond acceptors (Lipinski definition) is 5. The zero-order valence-corrected chi connectivity index (χ0v) is 23.6. The maximum absolute atomic E-state index is 13.8. The van der Waals surface area contributed by atoms with Gasteiger partial charge in [-0.25, -0.2) is 4.98 Å². The Bertz CT molecular complexity index is 1460. The topological polar surface area (TPSA) is 64.0 Å². The van der Waals surface area contributed by atoms with Crippen LogP contribution in [0.4, 0.5) is 5.69 Å². The first-order valence-electron chi connectivity index (χ1n) is 12.3. The van der Waals surface area contributed by atoms with Gasteiger partial charge >= 0.3 is 0 Å². The van der Waals surface area contributed by atoms with Crippen LogP contribution >= 0.6 is 39.0 Å². The largest absolute Gasteiger partial charge is 0.325 e. The van der Waals surface area contributed by atoms with Crippen molar-refractivity contribution in [2.24, 2.45) is 0 Å². The number of rotatable bonds is 7. The Morgan fingerprint density at radius 1 is 1.14 bits per heavy atom. The minimum absolute atomic E-state index is 0.0507. The maximum atomic E-state index is 13.8. The third-order valence-electron chi connectivity index (χ3n) is 6.75. The standard InChI is InChI=1S/C28H28BrN3O2S2/c1-3-17(2)18-8-12-20(13-9-18)30-24(33)16-35-28-31-26-25(22-6-4-5-7-23(22)36-26)27(34)32(28)21-14-10-19(29)11-15-21/h8-15,17H,3-7,16H2,1-2H3,(H,30,33)/t17-/m0/s1. The number of nitrogens with zero attached hydrogens (tertiary/aromatic N) is 2. The second-order valence-corrected chi connectivity index (χ2v) is 12.1. The number of fused-ring (bicyclic) bond motifs is 3. The molecule has 1 N–H and O–H groups in total. The van der Waals surface area contributed by atoms with Crippen LogP contribution in [0.25, 0.3) is 15.9 Å². The van der Waals surface area contributed by atoms with Crippen LogP contribution in [0.2, 0.25) is 0 Å². The summed E-state index contributed by atoms with van der Waals surface area (Å²) in [6.45, 7) is 4.37. The zero-order valence-electron chi connectivity index (χ0n) is 20.3. The summed E-state index contributed by atoms with van der Waals surface area (Å²) in [5.74, 6) is 0.523. The summed E-state index contributed by atoms with van der Waals surface area (Å²) < 4.78 is 2.60. The van der Waals surface area contributed by atoms with E-state index in [0.717, 1.165) is 58.2 Å². The molecule has 1 aliphatic rings. The second-order valence-electron chi connectivity index (χ2n) is 9.17. The lowest BCUT2D eigenvalue weighted by Gasteiger charge is -2.14. The van der Waals surface area contributed by atoms with E-state index in [-0.39, 0.29) is 17.2 Å². The molecule has 1 amide bonds. The molecule has 0 aliphatic heterocycles. The van der Waals surface area contributed by atoms with Gasteiger partial charge in [-0.3, -0.25) is 14.2 Å². The van der Waals surface area contributed by atoms with Crippen LogP contribution in [0.5, 0.6) is 0 Å². The Hall–Kier alpha value is -2.42. The van der Waals surface area contributed by atoms with Gasteiger partial charge in [-0.2, -0.15) is 0 Å². The molecule has 4 aromatic rings. The van der Waals surface area contributed by atoms with Gasteiger partial charge in [-0.05, 0) is 85.5 Å². The van der Waals surface area contributed by atoms with Crippen molar-refractivity contribution in [3.05, 3.63) is 79.4 Å². The van der Waals surface area contributed by atoms with Gasteiger partial charge in [0.15, 0.2) is 5.16 Å². The van der Waals surface area contributed by atoms with E-state index >= 15 is 0 Å². The van der Waals surface area contributed by atoms with E-state index in [9.17, 15) is 9.59 Å². The number of carbonyl (C=O) groups excluding carboxylic acids is 1. The number of anilines is 1. The number of aromatic nitrogens is 2. The van der Waals surface area contributed by atoms with E-state index in [1.807, 2.05) is 36.4 Å². The molecule has 0 fully saturated rings. The average Bonchev–Trinajstić information content (AvgIpc) is 3.27. The van der Waals surface area contributed by atoms with E-state index in [0.29, 0.717) is 11.1 Å². The number of thiophene rings is 1. The molecule has 2 aromatic carbocycles. The van der Waals surface area contributed by atoms with E-state index in [1.54, 1.807) is 15.9 Å². The molecule has 1 aliphatic carbocycles. The van der Waals surface area contributed by atoms with Gasteiger partial charge in [-0.15, -0.1) is 11.3 Å². The molecule has 1 atom stereocenters. The summed E-state index contributed by atoms with van der Waals surface area (Å²) in [7, 11) is 0. The first kappa shape index (κ1) is 25.2. The van der Waals surface area contributed by atoms with Gasteiger partial charge < -0.3 is 5.32 Å². The Morgan fingerprint density at radius 3 is 2.58 bits per heavy atom. The number of amides is 1. The number of nitrogens with one attached hydrogen (secondary N) is 1. The van der Waals surface area contributed by atoms with Crippen LogP contribution in [-0.4, -0.2) is 21.2 Å². The predicted octanol–water partition coefficient (Wildman–Crippen LogP) is 7.33. The monoisotopic (exact) mass is 581 g/mol. The van der Waals surface area contributed by atoms with Crippen molar-refractivity contribution in [1.29, 1.82) is 0 Å². The highest BCUT2D eigenvalue weighted by Gasteiger charge is 2.23. The summed E-state index contributed by atoms with van der Waals surface area (Å²) in [5.41, 5.74) is 3.90. The number of benzene rings is 2. The molecule has 5 nitrogen and oxygen atoms in total. The van der Waals surface area contributed by atoms with Crippen molar-refractivity contribution in [2.75, 3.05) is 11.1 Å². The SMILES string of the molecule is CC[C@H](C)c1ccc(NC(=O)CSc2nc3sc4c(c3c(=O)n2-c2ccc(Br)cc2)CCCC4)cc1. The van der Waals surface area contributed by atoms with Crippen LogP contribution in [0.3, 0.4) is 0 Å². The minimum atomic E-state index is -0.126. The maximum Gasteiger partial charge on any atom is 0.267 e. The Kier molecular flexibility index (Phi) is 7.65. The van der Waals surface area contributed by atoms with Gasteiger partial charge in [0.05, 0.1) is 16.8 Å². The first-order valence-corrected chi connectivity index (χ1v) is 14.9. The van der Waals surface area contributed by atoms with Crippen molar-refractivity contribution in [1.82, 2.24) is 9.55 Å². The molecule has 0 saturated carbocycles. The van der Waals surface area contributed by atoms with Gasteiger partial charge in [0.2, 0.25) is 5.91 Å². The van der Waals surface area contributed by atoms with Crippen molar-refractivity contribution < 1.29 is 4.79 Å². The summed E-state index contributed by atoms with van der Waals surface area (Å²) in [4.78, 5) is 33.6. The van der Waals surface area contributed by atoms with E-state index in [1.165, 1.54) is 27.8 Å². The van der Waals surface area contributed by atoms with Crippen LogP contribution in [0.15, 0.2) is 63.0 Å². The van der Waals surface area contributed by atoms with Gasteiger partial charge in [0, 0.05) is 15.0 Å². The van der Waals surface area contributed by atoms with Crippen LogP contribution in [0.1, 0.15) is 55.0 Å². The number of thioether (sulfide) groups is 1.